The van der Waals surface area contributed by atoms with Crippen LogP contribution in [0, 0.1) is 11.6 Å². The molecule has 0 unspecified atom stereocenters. The summed E-state index contributed by atoms with van der Waals surface area (Å²) in [6.07, 6.45) is 4.34. The maximum atomic E-state index is 15.3. The summed E-state index contributed by atoms with van der Waals surface area (Å²) in [5.41, 5.74) is 2.55. The third-order valence-corrected chi connectivity index (χ3v) is 9.25. The zero-order chi connectivity index (χ0) is 33.8. The number of hydrogen-bond donors (Lipinski definition) is 2. The van der Waals surface area contributed by atoms with E-state index in [1.165, 1.54) is 35.6 Å². The highest BCUT2D eigenvalue weighted by Crippen LogP contribution is 2.39. The number of benzene rings is 2. The monoisotopic (exact) mass is 690 g/mol. The average molecular weight is 691 g/mol. The molecular weight excluding hydrogens is 663 g/mol. The van der Waals surface area contributed by atoms with E-state index < -0.39 is 27.4 Å². The smallest absolute Gasteiger partial charge is 0.276 e. The van der Waals surface area contributed by atoms with Crippen molar-refractivity contribution in [2.45, 2.75) is 11.6 Å². The summed E-state index contributed by atoms with van der Waals surface area (Å²) in [5, 5.41) is 9.65. The predicted molar refractivity (Wildman–Crippen MR) is 177 cm³/mol. The lowest BCUT2D eigenvalue weighted by molar-refractivity contribution is 0.102. The number of hydrogen-bond acceptors (Lipinski definition) is 10. The number of thiophene rings is 1. The minimum Gasteiger partial charge on any atom is -0.453 e. The lowest BCUT2D eigenvalue weighted by Crippen LogP contribution is -2.18. The molecule has 4 heterocycles. The first kappa shape index (κ1) is 32.8. The number of ether oxygens (including phenoxy) is 2. The number of halogens is 2. The number of carbonyl (C=O) groups is 1. The van der Waals surface area contributed by atoms with E-state index in [0.29, 0.717) is 29.1 Å². The molecule has 0 bridgehead atoms. The molecule has 0 aliphatic heterocycles. The van der Waals surface area contributed by atoms with E-state index in [9.17, 15) is 17.6 Å². The van der Waals surface area contributed by atoms with Crippen LogP contribution in [-0.2, 0) is 21.1 Å². The van der Waals surface area contributed by atoms with Crippen molar-refractivity contribution in [3.8, 4) is 27.8 Å². The van der Waals surface area contributed by atoms with Crippen molar-refractivity contribution in [2.75, 3.05) is 31.8 Å². The second-order valence-electron chi connectivity index (χ2n) is 10.6. The Hall–Kier alpha value is -5.09. The van der Waals surface area contributed by atoms with Gasteiger partial charge in [-0.3, -0.25) is 14.8 Å². The number of carbonyl (C=O) groups excluding carboxylic acids is 1. The summed E-state index contributed by atoms with van der Waals surface area (Å²) in [5.74, 6) is -1.74. The van der Waals surface area contributed by atoms with Gasteiger partial charge in [-0.15, -0.1) is 11.3 Å². The van der Waals surface area contributed by atoms with E-state index in [1.54, 1.807) is 19.4 Å². The van der Waals surface area contributed by atoms with Crippen LogP contribution < -0.4 is 15.4 Å². The number of rotatable bonds is 12. The normalized spacial score (nSPS) is 11.6. The van der Waals surface area contributed by atoms with Crippen LogP contribution in [0.1, 0.15) is 16.1 Å². The first-order valence-electron chi connectivity index (χ1n) is 14.5. The van der Waals surface area contributed by atoms with Gasteiger partial charge in [-0.05, 0) is 54.1 Å². The standard InChI is InChI=1S/C33H28F2N6O5S2/c1-45-14-13-36-18-20-3-9-25(38-19-20)30-16-26-32(47-30)29(11-12-37-26)46-28-10-6-22(15-24(28)35)39-33(42)27-17-31(48(2,43)44)41(40-27)23-7-4-21(34)5-8-23/h3-12,15-17,19,36H,13-14,18H2,1-2H3,(H,39,42). The van der Waals surface area contributed by atoms with Crippen molar-refractivity contribution in [3.05, 3.63) is 108 Å². The third-order valence-electron chi connectivity index (χ3n) is 7.04. The van der Waals surface area contributed by atoms with Crippen molar-refractivity contribution in [1.82, 2.24) is 25.1 Å². The molecule has 6 rings (SSSR count). The van der Waals surface area contributed by atoms with Gasteiger partial charge in [0, 0.05) is 62.7 Å². The fourth-order valence-electron chi connectivity index (χ4n) is 4.68. The van der Waals surface area contributed by atoms with E-state index >= 15 is 4.39 Å². The molecule has 4 aromatic heterocycles. The average Bonchev–Trinajstić information content (AvgIpc) is 3.72. The third kappa shape index (κ3) is 7.39. The maximum Gasteiger partial charge on any atom is 0.276 e. The zero-order valence-electron chi connectivity index (χ0n) is 25.6. The lowest BCUT2D eigenvalue weighted by Gasteiger charge is -2.09. The Bertz CT molecular complexity index is 2200. The van der Waals surface area contributed by atoms with Gasteiger partial charge in [0.05, 0.1) is 33.1 Å². The molecular formula is C33H28F2N6O5S2. The predicted octanol–water partition coefficient (Wildman–Crippen LogP) is 6.01. The van der Waals surface area contributed by atoms with Crippen LogP contribution in [0.25, 0.3) is 26.5 Å². The topological polar surface area (TPSA) is 137 Å². The van der Waals surface area contributed by atoms with Crippen LogP contribution in [0.3, 0.4) is 0 Å². The zero-order valence-corrected chi connectivity index (χ0v) is 27.2. The molecule has 0 saturated heterocycles. The highest BCUT2D eigenvalue weighted by atomic mass is 32.2. The number of fused-ring (bicyclic) bond motifs is 1. The Morgan fingerprint density at radius 3 is 2.50 bits per heavy atom. The summed E-state index contributed by atoms with van der Waals surface area (Å²) in [4.78, 5) is 22.9. The molecule has 0 fully saturated rings. The first-order chi connectivity index (χ1) is 23.1. The van der Waals surface area contributed by atoms with Gasteiger partial charge in [0.15, 0.2) is 32.1 Å². The van der Waals surface area contributed by atoms with Crippen molar-refractivity contribution in [2.24, 2.45) is 0 Å². The number of anilines is 1. The summed E-state index contributed by atoms with van der Waals surface area (Å²) in [7, 11) is -2.16. The Kier molecular flexibility index (Phi) is 9.54. The SMILES string of the molecule is COCCNCc1ccc(-c2cc3nccc(Oc4ccc(NC(=O)c5cc(S(C)(=O)=O)n(-c6ccc(F)cc6)n5)cc4F)c3s2)nc1. The van der Waals surface area contributed by atoms with Gasteiger partial charge in [-0.25, -0.2) is 21.9 Å². The van der Waals surface area contributed by atoms with Gasteiger partial charge in [0.25, 0.3) is 5.91 Å². The Morgan fingerprint density at radius 1 is 0.979 bits per heavy atom. The van der Waals surface area contributed by atoms with E-state index in [1.807, 2.05) is 24.4 Å². The molecule has 48 heavy (non-hydrogen) atoms. The van der Waals surface area contributed by atoms with Gasteiger partial charge < -0.3 is 20.1 Å². The fraction of sp³-hybridized carbons (Fsp3) is 0.152. The highest BCUT2D eigenvalue weighted by molar-refractivity contribution is 7.90. The molecule has 11 nitrogen and oxygen atoms in total. The van der Waals surface area contributed by atoms with Crippen molar-refractivity contribution >= 4 is 43.0 Å². The molecule has 0 aliphatic rings. The van der Waals surface area contributed by atoms with Crippen molar-refractivity contribution in [3.63, 3.8) is 0 Å². The summed E-state index contributed by atoms with van der Waals surface area (Å²) in [6.45, 7) is 2.03. The van der Waals surface area contributed by atoms with Crippen molar-refractivity contribution in [1.29, 1.82) is 0 Å². The van der Waals surface area contributed by atoms with E-state index in [0.717, 1.165) is 57.9 Å². The Morgan fingerprint density at radius 2 is 1.79 bits per heavy atom. The fourth-order valence-corrected chi connectivity index (χ4v) is 6.51. The van der Waals surface area contributed by atoms with Gasteiger partial charge in [0.2, 0.25) is 0 Å². The number of nitrogens with one attached hydrogen (secondary N) is 2. The van der Waals surface area contributed by atoms with E-state index in [-0.39, 0.29) is 27.8 Å². The van der Waals surface area contributed by atoms with Crippen LogP contribution in [0.15, 0.2) is 90.2 Å². The molecule has 0 atom stereocenters. The van der Waals surface area contributed by atoms with E-state index in [4.69, 9.17) is 9.47 Å². The number of pyridine rings is 2. The molecule has 15 heteroatoms. The minimum atomic E-state index is -3.82. The van der Waals surface area contributed by atoms with Crippen molar-refractivity contribution < 1.29 is 31.5 Å². The molecule has 246 valence electrons. The molecule has 0 saturated carbocycles. The quantitative estimate of drug-likeness (QED) is 0.148. The van der Waals surface area contributed by atoms with Crippen LogP contribution in [0.2, 0.25) is 0 Å². The van der Waals surface area contributed by atoms with Crippen LogP contribution in [0.5, 0.6) is 11.5 Å². The number of aromatic nitrogens is 4. The first-order valence-corrected chi connectivity index (χ1v) is 17.2. The largest absolute Gasteiger partial charge is 0.453 e. The second-order valence-corrected chi connectivity index (χ2v) is 13.6. The number of amides is 1. The van der Waals surface area contributed by atoms with Gasteiger partial charge in [0.1, 0.15) is 11.6 Å². The highest BCUT2D eigenvalue weighted by Gasteiger charge is 2.22. The molecule has 0 aliphatic carbocycles. The summed E-state index contributed by atoms with van der Waals surface area (Å²) in [6, 6.07) is 17.4. The Labute approximate surface area is 278 Å². The number of sulfone groups is 1. The summed E-state index contributed by atoms with van der Waals surface area (Å²) < 4.78 is 66.2. The molecule has 2 N–H and O–H groups in total. The molecule has 2 aromatic carbocycles. The maximum absolute atomic E-state index is 15.3. The number of nitrogens with zero attached hydrogens (tertiary/aromatic N) is 4. The second kappa shape index (κ2) is 13.9. The minimum absolute atomic E-state index is 0.0844. The molecule has 0 spiro atoms. The van der Waals surface area contributed by atoms with Crippen LogP contribution in [0.4, 0.5) is 14.5 Å². The van der Waals surface area contributed by atoms with Gasteiger partial charge in [-0.2, -0.15) is 5.10 Å². The number of methoxy groups -OCH3 is 1. The summed E-state index contributed by atoms with van der Waals surface area (Å²) >= 11 is 1.41. The van der Waals surface area contributed by atoms with Crippen LogP contribution in [-0.4, -0.2) is 60.6 Å². The van der Waals surface area contributed by atoms with Crippen LogP contribution >= 0.6 is 11.3 Å². The Balaban J connectivity index is 1.17. The molecule has 6 aromatic rings. The molecule has 1 amide bonds. The van der Waals surface area contributed by atoms with Gasteiger partial charge in [-0.1, -0.05) is 6.07 Å². The van der Waals surface area contributed by atoms with E-state index in [2.05, 4.69) is 25.7 Å². The molecule has 0 radical (unpaired) electrons. The lowest BCUT2D eigenvalue weighted by atomic mass is 10.2. The van der Waals surface area contributed by atoms with Gasteiger partial charge >= 0.3 is 0 Å².